The number of amides is 1. The standard InChI is InChI=1S/C22H27N7OS/c1-16-6-4-5-7-20(16)29-22(24-25-26-29)31-17(2)21(30)23-18-8-10-19(11-9-18)28-14-12-27(3)13-15-28/h4-11,17H,12-15H2,1-3H3,(H,23,30)/t17-/m0/s1. The minimum Gasteiger partial charge on any atom is -0.369 e. The summed E-state index contributed by atoms with van der Waals surface area (Å²) in [6.07, 6.45) is 0. The number of para-hydroxylation sites is 1. The smallest absolute Gasteiger partial charge is 0.237 e. The predicted octanol–water partition coefficient (Wildman–Crippen LogP) is 2.84. The van der Waals surface area contributed by atoms with Crippen molar-refractivity contribution in [2.24, 2.45) is 0 Å². The monoisotopic (exact) mass is 437 g/mol. The number of carbonyl (C=O) groups is 1. The van der Waals surface area contributed by atoms with E-state index >= 15 is 0 Å². The maximum atomic E-state index is 12.8. The van der Waals surface area contributed by atoms with Gasteiger partial charge in [-0.25, -0.2) is 0 Å². The van der Waals surface area contributed by atoms with Gasteiger partial charge in [0.25, 0.3) is 0 Å². The van der Waals surface area contributed by atoms with Crippen molar-refractivity contribution in [3.63, 3.8) is 0 Å². The lowest BCUT2D eigenvalue weighted by Crippen LogP contribution is -2.44. The molecule has 0 spiro atoms. The van der Waals surface area contributed by atoms with Crippen LogP contribution in [0.15, 0.2) is 53.7 Å². The summed E-state index contributed by atoms with van der Waals surface area (Å²) in [6, 6.07) is 15.9. The number of tetrazole rings is 1. The quantitative estimate of drug-likeness (QED) is 0.594. The van der Waals surface area contributed by atoms with E-state index in [1.165, 1.54) is 17.4 Å². The van der Waals surface area contributed by atoms with Gasteiger partial charge in [0.1, 0.15) is 0 Å². The molecule has 1 saturated heterocycles. The van der Waals surface area contributed by atoms with Crippen molar-refractivity contribution in [3.05, 3.63) is 54.1 Å². The van der Waals surface area contributed by atoms with Crippen molar-refractivity contribution >= 4 is 29.0 Å². The molecule has 162 valence electrons. The average Bonchev–Trinajstić information content (AvgIpc) is 3.23. The Balaban J connectivity index is 1.38. The molecule has 4 rings (SSSR count). The van der Waals surface area contributed by atoms with Crippen LogP contribution in [0.5, 0.6) is 0 Å². The number of nitrogens with zero attached hydrogens (tertiary/aromatic N) is 6. The molecule has 0 radical (unpaired) electrons. The minimum absolute atomic E-state index is 0.0864. The first-order valence-corrected chi connectivity index (χ1v) is 11.2. The number of anilines is 2. The number of hydrogen-bond donors (Lipinski definition) is 1. The molecule has 8 nitrogen and oxygen atoms in total. The molecule has 1 amide bonds. The van der Waals surface area contributed by atoms with E-state index < -0.39 is 0 Å². The summed E-state index contributed by atoms with van der Waals surface area (Å²) < 4.78 is 1.68. The van der Waals surface area contributed by atoms with Crippen LogP contribution < -0.4 is 10.2 Å². The van der Waals surface area contributed by atoms with Crippen molar-refractivity contribution in [1.82, 2.24) is 25.1 Å². The molecule has 0 saturated carbocycles. The highest BCUT2D eigenvalue weighted by atomic mass is 32.2. The van der Waals surface area contributed by atoms with Crippen LogP contribution in [0.25, 0.3) is 5.69 Å². The molecule has 1 atom stereocenters. The van der Waals surface area contributed by atoms with Crippen LogP contribution in [-0.2, 0) is 4.79 Å². The van der Waals surface area contributed by atoms with E-state index in [9.17, 15) is 4.79 Å². The highest BCUT2D eigenvalue weighted by Gasteiger charge is 2.20. The van der Waals surface area contributed by atoms with Gasteiger partial charge in [0.05, 0.1) is 10.9 Å². The van der Waals surface area contributed by atoms with Crippen molar-refractivity contribution in [3.8, 4) is 5.69 Å². The van der Waals surface area contributed by atoms with E-state index in [-0.39, 0.29) is 11.2 Å². The molecular weight excluding hydrogens is 410 g/mol. The van der Waals surface area contributed by atoms with E-state index in [1.54, 1.807) is 4.68 Å². The molecule has 3 aromatic rings. The fraction of sp³-hybridized carbons (Fsp3) is 0.364. The van der Waals surface area contributed by atoms with Crippen LogP contribution in [0, 0.1) is 6.92 Å². The minimum atomic E-state index is -0.355. The van der Waals surface area contributed by atoms with Gasteiger partial charge in [-0.3, -0.25) is 4.79 Å². The Morgan fingerprint density at radius 1 is 1.06 bits per heavy atom. The first-order chi connectivity index (χ1) is 15.0. The number of thioether (sulfide) groups is 1. The molecule has 2 heterocycles. The third-order valence-electron chi connectivity index (χ3n) is 5.44. The predicted molar refractivity (Wildman–Crippen MR) is 124 cm³/mol. The maximum Gasteiger partial charge on any atom is 0.237 e. The topological polar surface area (TPSA) is 79.2 Å². The number of aromatic nitrogens is 4. The van der Waals surface area contributed by atoms with Gasteiger partial charge in [0.15, 0.2) is 0 Å². The number of hydrogen-bond acceptors (Lipinski definition) is 7. The molecule has 1 aromatic heterocycles. The molecule has 1 fully saturated rings. The van der Waals surface area contributed by atoms with Crippen molar-refractivity contribution < 1.29 is 4.79 Å². The van der Waals surface area contributed by atoms with Gasteiger partial charge in [-0.05, 0) is 67.2 Å². The van der Waals surface area contributed by atoms with Crippen LogP contribution in [0.2, 0.25) is 0 Å². The Morgan fingerprint density at radius 3 is 2.48 bits per heavy atom. The Labute approximate surface area is 186 Å². The Morgan fingerprint density at radius 2 is 1.77 bits per heavy atom. The lowest BCUT2D eigenvalue weighted by molar-refractivity contribution is -0.115. The molecule has 1 N–H and O–H groups in total. The van der Waals surface area contributed by atoms with Gasteiger partial charge >= 0.3 is 0 Å². The summed E-state index contributed by atoms with van der Waals surface area (Å²) in [5.74, 6) is -0.0864. The lowest BCUT2D eigenvalue weighted by Gasteiger charge is -2.34. The first-order valence-electron chi connectivity index (χ1n) is 10.4. The van der Waals surface area contributed by atoms with Gasteiger partial charge in [-0.1, -0.05) is 30.0 Å². The fourth-order valence-corrected chi connectivity index (χ4v) is 4.28. The normalized spacial score (nSPS) is 15.6. The summed E-state index contributed by atoms with van der Waals surface area (Å²) in [4.78, 5) is 17.5. The highest BCUT2D eigenvalue weighted by molar-refractivity contribution is 8.00. The van der Waals surface area contributed by atoms with Crippen molar-refractivity contribution in [1.29, 1.82) is 0 Å². The van der Waals surface area contributed by atoms with Gasteiger partial charge in [0, 0.05) is 37.6 Å². The van der Waals surface area contributed by atoms with Crippen molar-refractivity contribution in [2.45, 2.75) is 24.3 Å². The number of aryl methyl sites for hydroxylation is 1. The zero-order chi connectivity index (χ0) is 21.8. The van der Waals surface area contributed by atoms with E-state index in [2.05, 4.69) is 49.8 Å². The Bertz CT molecular complexity index is 1030. The third-order valence-corrected chi connectivity index (χ3v) is 6.47. The van der Waals surface area contributed by atoms with E-state index in [4.69, 9.17) is 0 Å². The Hall–Kier alpha value is -2.91. The second-order valence-electron chi connectivity index (χ2n) is 7.75. The Kier molecular flexibility index (Phi) is 6.53. The molecular formula is C22H27N7OS. The zero-order valence-corrected chi connectivity index (χ0v) is 18.8. The van der Waals surface area contributed by atoms with Gasteiger partial charge < -0.3 is 15.1 Å². The lowest BCUT2D eigenvalue weighted by atomic mass is 10.2. The van der Waals surface area contributed by atoms with E-state index in [1.807, 2.05) is 50.2 Å². The molecule has 1 aliphatic heterocycles. The molecule has 31 heavy (non-hydrogen) atoms. The largest absolute Gasteiger partial charge is 0.369 e. The number of likely N-dealkylation sites (N-methyl/N-ethyl adjacent to an activating group) is 1. The summed E-state index contributed by atoms with van der Waals surface area (Å²) >= 11 is 1.34. The fourth-order valence-electron chi connectivity index (χ4n) is 3.48. The van der Waals surface area contributed by atoms with Crippen LogP contribution in [0.4, 0.5) is 11.4 Å². The van der Waals surface area contributed by atoms with Gasteiger partial charge in [-0.2, -0.15) is 4.68 Å². The van der Waals surface area contributed by atoms with Crippen LogP contribution in [0.1, 0.15) is 12.5 Å². The summed E-state index contributed by atoms with van der Waals surface area (Å²) in [5, 5.41) is 15.2. The summed E-state index contributed by atoms with van der Waals surface area (Å²) in [5.41, 5.74) is 3.94. The summed E-state index contributed by atoms with van der Waals surface area (Å²) in [6.45, 7) is 8.03. The average molecular weight is 438 g/mol. The number of carbonyl (C=O) groups excluding carboxylic acids is 1. The molecule has 9 heteroatoms. The number of benzene rings is 2. The van der Waals surface area contributed by atoms with Crippen LogP contribution in [-0.4, -0.2) is 69.5 Å². The third kappa shape index (κ3) is 5.05. The number of nitrogens with one attached hydrogen (secondary N) is 1. The SMILES string of the molecule is Cc1ccccc1-n1nnnc1S[C@@H](C)C(=O)Nc1ccc(N2CCN(C)CC2)cc1. The molecule has 0 unspecified atom stereocenters. The molecule has 0 bridgehead atoms. The van der Waals surface area contributed by atoms with Crippen LogP contribution in [0.3, 0.4) is 0 Å². The summed E-state index contributed by atoms with van der Waals surface area (Å²) in [7, 11) is 2.15. The first kappa shape index (κ1) is 21.3. The van der Waals surface area contributed by atoms with E-state index in [0.717, 1.165) is 43.1 Å². The van der Waals surface area contributed by atoms with Gasteiger partial charge in [0.2, 0.25) is 11.1 Å². The zero-order valence-electron chi connectivity index (χ0n) is 18.0. The highest BCUT2D eigenvalue weighted by Crippen LogP contribution is 2.25. The number of piperazine rings is 1. The molecule has 0 aliphatic carbocycles. The maximum absolute atomic E-state index is 12.8. The second kappa shape index (κ2) is 9.49. The second-order valence-corrected chi connectivity index (χ2v) is 9.05. The molecule has 2 aromatic carbocycles. The van der Waals surface area contributed by atoms with Gasteiger partial charge in [-0.15, -0.1) is 5.10 Å². The number of rotatable bonds is 6. The molecule has 1 aliphatic rings. The van der Waals surface area contributed by atoms with Crippen molar-refractivity contribution in [2.75, 3.05) is 43.4 Å². The van der Waals surface area contributed by atoms with Crippen LogP contribution >= 0.6 is 11.8 Å². The van der Waals surface area contributed by atoms with E-state index in [0.29, 0.717) is 5.16 Å².